The summed E-state index contributed by atoms with van der Waals surface area (Å²) < 4.78 is 4.78. The van der Waals surface area contributed by atoms with Crippen LogP contribution in [0.15, 0.2) is 48.2 Å². The molecule has 0 saturated heterocycles. The van der Waals surface area contributed by atoms with E-state index < -0.39 is 17.8 Å². The second kappa shape index (κ2) is 11.0. The number of ether oxygens (including phenoxy) is 1. The van der Waals surface area contributed by atoms with Crippen LogP contribution in [0.4, 0.5) is 0 Å². The summed E-state index contributed by atoms with van der Waals surface area (Å²) in [6, 6.07) is 10.7. The van der Waals surface area contributed by atoms with Gasteiger partial charge in [0.05, 0.1) is 33.3 Å². The molecule has 2 aromatic carbocycles. The zero-order valence-corrected chi connectivity index (χ0v) is 20.2. The van der Waals surface area contributed by atoms with Crippen LogP contribution in [0.25, 0.3) is 6.08 Å². The van der Waals surface area contributed by atoms with Gasteiger partial charge in [0.15, 0.2) is 0 Å². The van der Waals surface area contributed by atoms with Crippen molar-refractivity contribution >= 4 is 46.8 Å². The van der Waals surface area contributed by atoms with Crippen LogP contribution in [0, 0.1) is 13.8 Å². The molecule has 0 aliphatic carbocycles. The topological polar surface area (TPSA) is 118 Å². The Morgan fingerprint density at radius 3 is 2.53 bits per heavy atom. The van der Waals surface area contributed by atoms with Gasteiger partial charge in [0.1, 0.15) is 11.4 Å². The summed E-state index contributed by atoms with van der Waals surface area (Å²) in [6.07, 6.45) is 1.50. The molecule has 3 N–H and O–H groups in total. The highest BCUT2D eigenvalue weighted by molar-refractivity contribution is 7.12. The molecule has 0 saturated carbocycles. The number of nitrogens with one attached hydrogen (secondary N) is 2. The first-order valence-electron chi connectivity index (χ1n) is 10.1. The van der Waals surface area contributed by atoms with Crippen LogP contribution in [-0.4, -0.2) is 35.0 Å². The second-order valence-electron chi connectivity index (χ2n) is 7.23. The Kier molecular flexibility index (Phi) is 8.04. The summed E-state index contributed by atoms with van der Waals surface area (Å²) in [5, 5.41) is 15.6. The number of thiazole rings is 1. The summed E-state index contributed by atoms with van der Waals surface area (Å²) in [5.74, 6) is -1.65. The van der Waals surface area contributed by atoms with E-state index in [4.69, 9.17) is 16.3 Å². The summed E-state index contributed by atoms with van der Waals surface area (Å²) in [5.41, 5.74) is 1.71. The van der Waals surface area contributed by atoms with Crippen molar-refractivity contribution in [3.8, 4) is 5.75 Å². The van der Waals surface area contributed by atoms with E-state index in [9.17, 15) is 19.5 Å². The monoisotopic (exact) mass is 499 g/mol. The summed E-state index contributed by atoms with van der Waals surface area (Å²) >= 11 is 7.65. The highest BCUT2D eigenvalue weighted by Gasteiger charge is 2.19. The van der Waals surface area contributed by atoms with Crippen LogP contribution < -0.4 is 10.6 Å². The Morgan fingerprint density at radius 1 is 1.15 bits per heavy atom. The fourth-order valence-corrected chi connectivity index (χ4v) is 4.19. The molecule has 0 radical (unpaired) electrons. The third-order valence-corrected chi connectivity index (χ3v) is 6.04. The SMILES string of the molecule is COC(=O)/C(=C/c1sc(C)nc1C)NC(=O)c1ccc(C(=O)NCc2cccc(O)c2)cc1Cl. The van der Waals surface area contributed by atoms with Gasteiger partial charge in [-0.05, 0) is 55.8 Å². The number of phenolic OH excluding ortho intramolecular Hbond substituents is 1. The van der Waals surface area contributed by atoms with Crippen LogP contribution in [0.5, 0.6) is 5.75 Å². The average Bonchev–Trinajstić information content (AvgIpc) is 3.12. The van der Waals surface area contributed by atoms with Crippen molar-refractivity contribution in [3.63, 3.8) is 0 Å². The lowest BCUT2D eigenvalue weighted by Crippen LogP contribution is -2.28. The molecule has 10 heteroatoms. The molecule has 176 valence electrons. The first-order valence-corrected chi connectivity index (χ1v) is 11.3. The minimum absolute atomic E-state index is 0.0385. The lowest BCUT2D eigenvalue weighted by atomic mass is 10.1. The van der Waals surface area contributed by atoms with Crippen LogP contribution in [-0.2, 0) is 16.1 Å². The maximum atomic E-state index is 12.8. The number of phenols is 1. The molecule has 0 fully saturated rings. The Bertz CT molecular complexity index is 1290. The number of aryl methyl sites for hydroxylation is 2. The van der Waals surface area contributed by atoms with Crippen molar-refractivity contribution in [1.29, 1.82) is 0 Å². The molecule has 34 heavy (non-hydrogen) atoms. The van der Waals surface area contributed by atoms with Gasteiger partial charge < -0.3 is 20.5 Å². The molecular formula is C24H22ClN3O5S. The van der Waals surface area contributed by atoms with Gasteiger partial charge >= 0.3 is 5.97 Å². The van der Waals surface area contributed by atoms with Crippen LogP contribution >= 0.6 is 22.9 Å². The average molecular weight is 500 g/mol. The lowest BCUT2D eigenvalue weighted by molar-refractivity contribution is -0.136. The van der Waals surface area contributed by atoms with E-state index in [0.29, 0.717) is 4.88 Å². The van der Waals surface area contributed by atoms with E-state index in [2.05, 4.69) is 15.6 Å². The molecule has 1 heterocycles. The molecule has 0 atom stereocenters. The quantitative estimate of drug-likeness (QED) is 0.334. The van der Waals surface area contributed by atoms with Crippen molar-refractivity contribution in [3.05, 3.63) is 85.5 Å². The molecule has 3 rings (SSSR count). The number of hydrogen-bond donors (Lipinski definition) is 3. The van der Waals surface area contributed by atoms with Gasteiger partial charge in [-0.1, -0.05) is 23.7 Å². The van der Waals surface area contributed by atoms with Gasteiger partial charge in [-0.25, -0.2) is 9.78 Å². The number of amides is 2. The number of esters is 1. The number of aromatic hydroxyl groups is 1. The fraction of sp³-hybridized carbons (Fsp3) is 0.167. The maximum absolute atomic E-state index is 12.8. The number of carbonyl (C=O) groups excluding carboxylic acids is 3. The number of carbonyl (C=O) groups is 3. The number of methoxy groups -OCH3 is 1. The van der Waals surface area contributed by atoms with Gasteiger partial charge in [0, 0.05) is 12.1 Å². The predicted octanol–water partition coefficient (Wildman–Crippen LogP) is 3.99. The first-order chi connectivity index (χ1) is 16.2. The highest BCUT2D eigenvalue weighted by atomic mass is 35.5. The third-order valence-electron chi connectivity index (χ3n) is 4.71. The summed E-state index contributed by atoms with van der Waals surface area (Å²) in [6.45, 7) is 3.84. The van der Waals surface area contributed by atoms with Gasteiger partial charge in [0.2, 0.25) is 0 Å². The van der Waals surface area contributed by atoms with E-state index in [1.165, 1.54) is 48.8 Å². The van der Waals surface area contributed by atoms with Crippen molar-refractivity contribution < 1.29 is 24.2 Å². The molecule has 0 bridgehead atoms. The molecule has 0 unspecified atom stereocenters. The van der Waals surface area contributed by atoms with E-state index >= 15 is 0 Å². The maximum Gasteiger partial charge on any atom is 0.354 e. The molecule has 0 aliphatic heterocycles. The summed E-state index contributed by atoms with van der Waals surface area (Å²) in [7, 11) is 1.21. The Labute approximate surface area is 205 Å². The Hall–Kier alpha value is -3.69. The Morgan fingerprint density at radius 2 is 1.91 bits per heavy atom. The van der Waals surface area contributed by atoms with E-state index in [-0.39, 0.29) is 34.1 Å². The molecule has 0 aliphatic rings. The Balaban J connectivity index is 1.74. The normalized spacial score (nSPS) is 11.1. The number of rotatable bonds is 7. The number of benzene rings is 2. The molecule has 1 aromatic heterocycles. The largest absolute Gasteiger partial charge is 0.508 e. The van der Waals surface area contributed by atoms with Crippen molar-refractivity contribution in [2.24, 2.45) is 0 Å². The molecule has 2 amide bonds. The number of halogens is 1. The minimum Gasteiger partial charge on any atom is -0.508 e. The van der Waals surface area contributed by atoms with Gasteiger partial charge in [-0.2, -0.15) is 0 Å². The zero-order valence-electron chi connectivity index (χ0n) is 18.6. The number of nitrogens with zero attached hydrogens (tertiary/aromatic N) is 1. The minimum atomic E-state index is -0.724. The van der Waals surface area contributed by atoms with E-state index in [1.807, 2.05) is 6.92 Å². The van der Waals surface area contributed by atoms with E-state index in [1.54, 1.807) is 25.1 Å². The van der Waals surface area contributed by atoms with Crippen molar-refractivity contribution in [2.45, 2.75) is 20.4 Å². The highest BCUT2D eigenvalue weighted by Crippen LogP contribution is 2.22. The molecular weight excluding hydrogens is 478 g/mol. The van der Waals surface area contributed by atoms with E-state index in [0.717, 1.165) is 16.3 Å². The number of hydrogen-bond acceptors (Lipinski definition) is 7. The van der Waals surface area contributed by atoms with Crippen molar-refractivity contribution in [2.75, 3.05) is 7.11 Å². The number of aromatic nitrogens is 1. The predicted molar refractivity (Wildman–Crippen MR) is 130 cm³/mol. The first kappa shape index (κ1) is 24.9. The van der Waals surface area contributed by atoms with Crippen LogP contribution in [0.2, 0.25) is 5.02 Å². The lowest BCUT2D eigenvalue weighted by Gasteiger charge is -2.11. The van der Waals surface area contributed by atoms with Crippen LogP contribution in [0.3, 0.4) is 0 Å². The van der Waals surface area contributed by atoms with Gasteiger partial charge in [0.25, 0.3) is 11.8 Å². The molecule has 3 aromatic rings. The van der Waals surface area contributed by atoms with Crippen LogP contribution in [0.1, 0.15) is 41.9 Å². The zero-order chi connectivity index (χ0) is 24.8. The molecule has 8 nitrogen and oxygen atoms in total. The third kappa shape index (κ3) is 6.21. The fourth-order valence-electron chi connectivity index (χ4n) is 3.05. The summed E-state index contributed by atoms with van der Waals surface area (Å²) in [4.78, 5) is 42.5. The standard InChI is InChI=1S/C24H22ClN3O5S/c1-13-21(34-14(2)27-13)11-20(24(32)33-3)28-23(31)18-8-7-16(10-19(18)25)22(30)26-12-15-5-4-6-17(29)9-15/h4-11,29H,12H2,1-3H3,(H,26,30)(H,28,31)/b20-11-. The van der Waals surface area contributed by atoms with Gasteiger partial charge in [-0.15, -0.1) is 11.3 Å². The van der Waals surface area contributed by atoms with Crippen molar-refractivity contribution in [1.82, 2.24) is 15.6 Å². The van der Waals surface area contributed by atoms with Gasteiger partial charge in [-0.3, -0.25) is 9.59 Å². The second-order valence-corrected chi connectivity index (χ2v) is 8.88. The molecule has 0 spiro atoms. The smallest absolute Gasteiger partial charge is 0.354 e.